The highest BCUT2D eigenvalue weighted by Crippen LogP contribution is 2.10. The lowest BCUT2D eigenvalue weighted by Crippen LogP contribution is -2.43. The molecule has 27 heavy (non-hydrogen) atoms. The van der Waals surface area contributed by atoms with Gasteiger partial charge >= 0.3 is 0 Å². The fraction of sp³-hybridized carbons (Fsp3) is 0.400. The topological polar surface area (TPSA) is 69.9 Å². The number of rotatable bonds is 8. The number of carbonyl (C=O) groups is 1. The lowest BCUT2D eigenvalue weighted by Gasteiger charge is -2.15. The Labute approximate surface area is 178 Å². The number of aryl methyl sites for hydroxylation is 1. The molecule has 2 aromatic rings. The zero-order chi connectivity index (χ0) is 18.8. The van der Waals surface area contributed by atoms with E-state index in [-0.39, 0.29) is 36.4 Å². The Morgan fingerprint density at radius 1 is 1.11 bits per heavy atom. The van der Waals surface area contributed by atoms with E-state index in [0.29, 0.717) is 19.0 Å². The van der Waals surface area contributed by atoms with Crippen LogP contribution in [0.2, 0.25) is 0 Å². The Bertz CT molecular complexity index is 715. The van der Waals surface area contributed by atoms with Crippen molar-refractivity contribution in [1.29, 1.82) is 0 Å². The molecule has 2 N–H and O–H groups in total. The molecule has 0 atom stereocenters. The average Bonchev–Trinajstić information content (AvgIpc) is 3.16. The SMILES string of the molecule is CCc1ccccc1CN=C(NCCc1ccco1)NCC(=O)N(C)C.I. The second kappa shape index (κ2) is 12.4. The van der Waals surface area contributed by atoms with E-state index in [4.69, 9.17) is 4.42 Å². The molecule has 0 aliphatic heterocycles. The van der Waals surface area contributed by atoms with Crippen molar-refractivity contribution in [3.63, 3.8) is 0 Å². The molecular weight excluding hydrogens is 455 g/mol. The molecule has 148 valence electrons. The third kappa shape index (κ3) is 8.03. The summed E-state index contributed by atoms with van der Waals surface area (Å²) in [6, 6.07) is 12.1. The van der Waals surface area contributed by atoms with Gasteiger partial charge in [-0.15, -0.1) is 24.0 Å². The lowest BCUT2D eigenvalue weighted by molar-refractivity contribution is -0.127. The van der Waals surface area contributed by atoms with Crippen LogP contribution >= 0.6 is 24.0 Å². The van der Waals surface area contributed by atoms with Crippen molar-refractivity contribution in [3.05, 3.63) is 59.5 Å². The van der Waals surface area contributed by atoms with E-state index >= 15 is 0 Å². The van der Waals surface area contributed by atoms with Gasteiger partial charge in [-0.3, -0.25) is 4.79 Å². The highest BCUT2D eigenvalue weighted by atomic mass is 127. The molecule has 6 nitrogen and oxygen atoms in total. The number of nitrogens with zero attached hydrogens (tertiary/aromatic N) is 2. The Morgan fingerprint density at radius 3 is 2.48 bits per heavy atom. The van der Waals surface area contributed by atoms with Crippen molar-refractivity contribution in [2.24, 2.45) is 4.99 Å². The molecule has 0 spiro atoms. The number of benzene rings is 1. The fourth-order valence-corrected chi connectivity index (χ4v) is 2.47. The normalized spacial score (nSPS) is 10.9. The third-order valence-electron chi connectivity index (χ3n) is 4.06. The summed E-state index contributed by atoms with van der Waals surface area (Å²) in [6.45, 7) is 3.58. The van der Waals surface area contributed by atoms with Crippen molar-refractivity contribution in [1.82, 2.24) is 15.5 Å². The summed E-state index contributed by atoms with van der Waals surface area (Å²) in [5.74, 6) is 1.54. The van der Waals surface area contributed by atoms with Gasteiger partial charge in [0.1, 0.15) is 5.76 Å². The van der Waals surface area contributed by atoms with Gasteiger partial charge in [-0.25, -0.2) is 4.99 Å². The van der Waals surface area contributed by atoms with Crippen LogP contribution in [0.1, 0.15) is 23.8 Å². The summed E-state index contributed by atoms with van der Waals surface area (Å²) < 4.78 is 5.34. The van der Waals surface area contributed by atoms with E-state index in [1.165, 1.54) is 11.1 Å². The summed E-state index contributed by atoms with van der Waals surface area (Å²) in [4.78, 5) is 18.0. The van der Waals surface area contributed by atoms with Gasteiger partial charge < -0.3 is 20.0 Å². The smallest absolute Gasteiger partial charge is 0.241 e. The van der Waals surface area contributed by atoms with Gasteiger partial charge in [0.05, 0.1) is 19.4 Å². The first-order valence-electron chi connectivity index (χ1n) is 8.91. The fourth-order valence-electron chi connectivity index (χ4n) is 2.47. The maximum atomic E-state index is 11.8. The van der Waals surface area contributed by atoms with E-state index in [1.807, 2.05) is 24.3 Å². The Morgan fingerprint density at radius 2 is 1.85 bits per heavy atom. The molecule has 0 fully saturated rings. The monoisotopic (exact) mass is 484 g/mol. The van der Waals surface area contributed by atoms with Crippen LogP contribution in [0.3, 0.4) is 0 Å². The summed E-state index contributed by atoms with van der Waals surface area (Å²) in [5, 5.41) is 6.37. The molecule has 0 aliphatic carbocycles. The highest BCUT2D eigenvalue weighted by Gasteiger charge is 2.07. The van der Waals surface area contributed by atoms with Crippen LogP contribution < -0.4 is 10.6 Å². The van der Waals surface area contributed by atoms with Gasteiger partial charge in [-0.1, -0.05) is 31.2 Å². The molecule has 1 amide bonds. The molecule has 0 saturated heterocycles. The van der Waals surface area contributed by atoms with Crippen molar-refractivity contribution >= 4 is 35.8 Å². The number of amides is 1. The molecule has 0 radical (unpaired) electrons. The van der Waals surface area contributed by atoms with Crippen LogP contribution in [-0.4, -0.2) is 44.0 Å². The number of aliphatic imine (C=N–C) groups is 1. The molecule has 0 saturated carbocycles. The maximum Gasteiger partial charge on any atom is 0.241 e. The second-order valence-corrected chi connectivity index (χ2v) is 6.18. The minimum absolute atomic E-state index is 0. The summed E-state index contributed by atoms with van der Waals surface area (Å²) in [5.41, 5.74) is 2.48. The van der Waals surface area contributed by atoms with Gasteiger partial charge in [0.2, 0.25) is 5.91 Å². The average molecular weight is 484 g/mol. The molecule has 1 aromatic carbocycles. The standard InChI is InChI=1S/C20H28N4O2.HI/c1-4-16-8-5-6-9-17(16)14-22-20(23-15-19(25)24(2)3)21-12-11-18-10-7-13-26-18;/h5-10,13H,4,11-12,14-15H2,1-3H3,(H2,21,22,23);1H. The quantitative estimate of drug-likeness (QED) is 0.344. The number of hydrogen-bond donors (Lipinski definition) is 2. The minimum Gasteiger partial charge on any atom is -0.469 e. The van der Waals surface area contributed by atoms with Crippen molar-refractivity contribution in [3.8, 4) is 0 Å². The van der Waals surface area contributed by atoms with E-state index in [1.54, 1.807) is 25.3 Å². The molecule has 0 bridgehead atoms. The summed E-state index contributed by atoms with van der Waals surface area (Å²) in [7, 11) is 3.48. The van der Waals surface area contributed by atoms with E-state index in [2.05, 4.69) is 34.7 Å². The Balaban J connectivity index is 0.00000364. The van der Waals surface area contributed by atoms with E-state index in [0.717, 1.165) is 18.6 Å². The van der Waals surface area contributed by atoms with Crippen LogP contribution in [0.25, 0.3) is 0 Å². The molecule has 1 heterocycles. The molecule has 2 rings (SSSR count). The number of carbonyl (C=O) groups excluding carboxylic acids is 1. The molecular formula is C20H29IN4O2. The first kappa shape index (κ1) is 23.0. The number of nitrogens with one attached hydrogen (secondary N) is 2. The predicted octanol–water partition coefficient (Wildman–Crippen LogP) is 2.83. The van der Waals surface area contributed by atoms with Crippen LogP contribution in [0.5, 0.6) is 0 Å². The Hall–Kier alpha value is -2.03. The first-order chi connectivity index (χ1) is 12.6. The van der Waals surface area contributed by atoms with E-state index in [9.17, 15) is 4.79 Å². The van der Waals surface area contributed by atoms with Crippen LogP contribution in [0, 0.1) is 0 Å². The van der Waals surface area contributed by atoms with Gasteiger partial charge in [0.25, 0.3) is 0 Å². The van der Waals surface area contributed by atoms with Crippen LogP contribution in [0.15, 0.2) is 52.1 Å². The maximum absolute atomic E-state index is 11.8. The van der Waals surface area contributed by atoms with Crippen LogP contribution in [0.4, 0.5) is 0 Å². The third-order valence-corrected chi connectivity index (χ3v) is 4.06. The van der Waals surface area contributed by atoms with Crippen molar-refractivity contribution < 1.29 is 9.21 Å². The first-order valence-corrected chi connectivity index (χ1v) is 8.91. The molecule has 1 aromatic heterocycles. The largest absolute Gasteiger partial charge is 0.469 e. The van der Waals surface area contributed by atoms with Crippen molar-refractivity contribution in [2.45, 2.75) is 26.3 Å². The lowest BCUT2D eigenvalue weighted by atomic mass is 10.1. The number of guanidine groups is 1. The van der Waals surface area contributed by atoms with Gasteiger partial charge in [-0.05, 0) is 29.7 Å². The highest BCUT2D eigenvalue weighted by molar-refractivity contribution is 14.0. The number of halogens is 1. The van der Waals surface area contributed by atoms with Gasteiger partial charge in [-0.2, -0.15) is 0 Å². The molecule has 7 heteroatoms. The predicted molar refractivity (Wildman–Crippen MR) is 119 cm³/mol. The van der Waals surface area contributed by atoms with Gasteiger partial charge in [0.15, 0.2) is 5.96 Å². The zero-order valence-corrected chi connectivity index (χ0v) is 18.5. The number of likely N-dealkylation sites (N-methyl/N-ethyl adjacent to an activating group) is 1. The summed E-state index contributed by atoms with van der Waals surface area (Å²) >= 11 is 0. The Kier molecular flexibility index (Phi) is 10.5. The molecule has 0 unspecified atom stereocenters. The van der Waals surface area contributed by atoms with Crippen LogP contribution in [-0.2, 0) is 24.2 Å². The second-order valence-electron chi connectivity index (χ2n) is 6.18. The summed E-state index contributed by atoms with van der Waals surface area (Å²) in [6.07, 6.45) is 3.39. The zero-order valence-electron chi connectivity index (χ0n) is 16.2. The minimum atomic E-state index is -0.000470. The van der Waals surface area contributed by atoms with E-state index < -0.39 is 0 Å². The number of furan rings is 1. The number of hydrogen-bond acceptors (Lipinski definition) is 3. The van der Waals surface area contributed by atoms with Crippen molar-refractivity contribution in [2.75, 3.05) is 27.2 Å². The molecule has 0 aliphatic rings. The van der Waals surface area contributed by atoms with Gasteiger partial charge in [0, 0.05) is 27.1 Å².